The third-order valence-electron chi connectivity index (χ3n) is 2.96. The van der Waals surface area contributed by atoms with E-state index in [0.717, 1.165) is 0 Å². The summed E-state index contributed by atoms with van der Waals surface area (Å²) in [5, 5.41) is 9.44. The predicted octanol–water partition coefficient (Wildman–Crippen LogP) is 3.74. The number of carbonyl (C=O) groups is 2. The van der Waals surface area contributed by atoms with E-state index in [9.17, 15) is 14.7 Å². The van der Waals surface area contributed by atoms with E-state index in [1.54, 1.807) is 20.8 Å². The zero-order valence-electron chi connectivity index (χ0n) is 13.9. The smallest absolute Gasteiger partial charge is 0.310 e. The van der Waals surface area contributed by atoms with E-state index < -0.39 is 23.4 Å². The average molecular weight is 286 g/mol. The Hall–Kier alpha value is -1.06. The monoisotopic (exact) mass is 286 g/mol. The van der Waals surface area contributed by atoms with Crippen molar-refractivity contribution in [3.63, 3.8) is 0 Å². The Bertz CT molecular complexity index is 326. The van der Waals surface area contributed by atoms with Gasteiger partial charge in [-0.25, -0.2) is 0 Å². The van der Waals surface area contributed by atoms with E-state index in [1.807, 2.05) is 27.7 Å². The standard InChI is InChI=1S/C16H30O4/c1-10(2)8-12(14(17)18)13(9-11(3)4)15(19)20-16(5,6)7/h10-13H,8-9H2,1-7H3,(H,17,18)/t12-,13?/m1/s1. The van der Waals surface area contributed by atoms with Gasteiger partial charge in [0, 0.05) is 0 Å². The third kappa shape index (κ3) is 7.51. The van der Waals surface area contributed by atoms with Gasteiger partial charge in [0.2, 0.25) is 0 Å². The molecule has 0 saturated heterocycles. The van der Waals surface area contributed by atoms with Gasteiger partial charge < -0.3 is 9.84 Å². The Kier molecular flexibility index (Phi) is 7.25. The summed E-state index contributed by atoms with van der Waals surface area (Å²) in [6, 6.07) is 0. The zero-order valence-corrected chi connectivity index (χ0v) is 13.9. The molecule has 0 saturated carbocycles. The first-order chi connectivity index (χ1) is 8.94. The Morgan fingerprint density at radius 2 is 1.35 bits per heavy atom. The van der Waals surface area contributed by atoms with Crippen LogP contribution in [-0.4, -0.2) is 22.6 Å². The molecular formula is C16H30O4. The number of aliphatic carboxylic acids is 1. The second-order valence-corrected chi connectivity index (χ2v) is 7.34. The highest BCUT2D eigenvalue weighted by Crippen LogP contribution is 2.29. The molecule has 0 aliphatic carbocycles. The third-order valence-corrected chi connectivity index (χ3v) is 2.96. The van der Waals surface area contributed by atoms with Gasteiger partial charge in [0.15, 0.2) is 0 Å². The number of esters is 1. The SMILES string of the molecule is CC(C)CC(C(=O)OC(C)(C)C)[C@@H](CC(C)C)C(=O)O. The number of carboxylic acids is 1. The summed E-state index contributed by atoms with van der Waals surface area (Å²) in [6.45, 7) is 13.3. The van der Waals surface area contributed by atoms with E-state index in [4.69, 9.17) is 4.74 Å². The largest absolute Gasteiger partial charge is 0.481 e. The van der Waals surface area contributed by atoms with Crippen molar-refractivity contribution in [1.29, 1.82) is 0 Å². The molecule has 0 amide bonds. The molecule has 1 N–H and O–H groups in total. The van der Waals surface area contributed by atoms with Gasteiger partial charge in [0.25, 0.3) is 0 Å². The number of hydrogen-bond acceptors (Lipinski definition) is 3. The van der Waals surface area contributed by atoms with Crippen molar-refractivity contribution in [2.75, 3.05) is 0 Å². The molecule has 0 radical (unpaired) electrons. The highest BCUT2D eigenvalue weighted by Gasteiger charge is 2.37. The molecule has 0 aliphatic rings. The highest BCUT2D eigenvalue weighted by atomic mass is 16.6. The van der Waals surface area contributed by atoms with Crippen LogP contribution in [0.2, 0.25) is 0 Å². The van der Waals surface area contributed by atoms with Gasteiger partial charge in [-0.1, -0.05) is 27.7 Å². The van der Waals surface area contributed by atoms with Crippen LogP contribution in [0.1, 0.15) is 61.3 Å². The lowest BCUT2D eigenvalue weighted by Gasteiger charge is -2.29. The topological polar surface area (TPSA) is 63.6 Å². The van der Waals surface area contributed by atoms with Gasteiger partial charge >= 0.3 is 11.9 Å². The van der Waals surface area contributed by atoms with Crippen molar-refractivity contribution in [1.82, 2.24) is 0 Å². The molecule has 0 aliphatic heterocycles. The van der Waals surface area contributed by atoms with Crippen LogP contribution >= 0.6 is 0 Å². The van der Waals surface area contributed by atoms with Crippen LogP contribution in [0.3, 0.4) is 0 Å². The minimum atomic E-state index is -0.907. The van der Waals surface area contributed by atoms with Crippen molar-refractivity contribution in [2.24, 2.45) is 23.7 Å². The number of rotatable bonds is 7. The van der Waals surface area contributed by atoms with Crippen LogP contribution in [-0.2, 0) is 14.3 Å². The summed E-state index contributed by atoms with van der Waals surface area (Å²) in [5.74, 6) is -2.06. The lowest BCUT2D eigenvalue weighted by Crippen LogP contribution is -2.37. The number of hydrogen-bond donors (Lipinski definition) is 1. The maximum Gasteiger partial charge on any atom is 0.310 e. The van der Waals surface area contributed by atoms with E-state index in [0.29, 0.717) is 12.8 Å². The average Bonchev–Trinajstić information content (AvgIpc) is 2.19. The summed E-state index contributed by atoms with van der Waals surface area (Å²) < 4.78 is 5.41. The summed E-state index contributed by atoms with van der Waals surface area (Å²) in [4.78, 5) is 23.9. The molecule has 20 heavy (non-hydrogen) atoms. The highest BCUT2D eigenvalue weighted by molar-refractivity contribution is 5.81. The maximum atomic E-state index is 12.3. The number of ether oxygens (including phenoxy) is 1. The predicted molar refractivity (Wildman–Crippen MR) is 79.4 cm³/mol. The molecule has 0 bridgehead atoms. The first-order valence-electron chi connectivity index (χ1n) is 7.39. The maximum absolute atomic E-state index is 12.3. The van der Waals surface area contributed by atoms with Gasteiger partial charge in [0.05, 0.1) is 11.8 Å². The molecule has 0 aromatic rings. The minimum Gasteiger partial charge on any atom is -0.481 e. The molecule has 1 unspecified atom stereocenters. The lowest BCUT2D eigenvalue weighted by molar-refractivity contribution is -0.167. The van der Waals surface area contributed by atoms with Crippen molar-refractivity contribution in [3.8, 4) is 0 Å². The Morgan fingerprint density at radius 1 is 0.950 bits per heavy atom. The van der Waals surface area contributed by atoms with Crippen LogP contribution in [0.15, 0.2) is 0 Å². The molecule has 118 valence electrons. The van der Waals surface area contributed by atoms with Gasteiger partial charge in [-0.2, -0.15) is 0 Å². The molecule has 0 spiro atoms. The Morgan fingerprint density at radius 3 is 1.65 bits per heavy atom. The van der Waals surface area contributed by atoms with Gasteiger partial charge in [0.1, 0.15) is 5.60 Å². The quantitative estimate of drug-likeness (QED) is 0.724. The molecule has 4 nitrogen and oxygen atoms in total. The molecule has 0 rings (SSSR count). The van der Waals surface area contributed by atoms with Crippen LogP contribution in [0.25, 0.3) is 0 Å². The molecule has 0 fully saturated rings. The summed E-state index contributed by atoms with van der Waals surface area (Å²) in [5.41, 5.74) is -0.590. The summed E-state index contributed by atoms with van der Waals surface area (Å²) >= 11 is 0. The fourth-order valence-electron chi connectivity index (χ4n) is 2.26. The number of carboxylic acid groups (broad SMARTS) is 1. The molecular weight excluding hydrogens is 256 g/mol. The van der Waals surface area contributed by atoms with Gasteiger partial charge in [-0.3, -0.25) is 9.59 Å². The zero-order chi connectivity index (χ0) is 16.1. The van der Waals surface area contributed by atoms with Crippen LogP contribution < -0.4 is 0 Å². The summed E-state index contributed by atoms with van der Waals surface area (Å²) in [7, 11) is 0. The Labute approximate surface area is 122 Å². The van der Waals surface area contributed by atoms with Crippen LogP contribution in [0.5, 0.6) is 0 Å². The molecule has 0 heterocycles. The minimum absolute atomic E-state index is 0.230. The first-order valence-corrected chi connectivity index (χ1v) is 7.39. The molecule has 4 heteroatoms. The molecule has 0 aromatic heterocycles. The lowest BCUT2D eigenvalue weighted by atomic mass is 9.80. The Balaban J connectivity index is 5.18. The van der Waals surface area contributed by atoms with Gasteiger partial charge in [-0.15, -0.1) is 0 Å². The van der Waals surface area contributed by atoms with Crippen molar-refractivity contribution < 1.29 is 19.4 Å². The van der Waals surface area contributed by atoms with Crippen molar-refractivity contribution in [3.05, 3.63) is 0 Å². The van der Waals surface area contributed by atoms with Crippen LogP contribution in [0, 0.1) is 23.7 Å². The number of carbonyl (C=O) groups excluding carboxylic acids is 1. The summed E-state index contributed by atoms with van der Waals surface area (Å²) in [6.07, 6.45) is 1.03. The molecule has 0 aromatic carbocycles. The van der Waals surface area contributed by atoms with Crippen LogP contribution in [0.4, 0.5) is 0 Å². The normalized spacial score (nSPS) is 15.2. The second kappa shape index (κ2) is 7.65. The van der Waals surface area contributed by atoms with E-state index in [2.05, 4.69) is 0 Å². The second-order valence-electron chi connectivity index (χ2n) is 7.34. The van der Waals surface area contributed by atoms with Gasteiger partial charge in [-0.05, 0) is 45.4 Å². The fourth-order valence-corrected chi connectivity index (χ4v) is 2.26. The fraction of sp³-hybridized carbons (Fsp3) is 0.875. The van der Waals surface area contributed by atoms with E-state index >= 15 is 0 Å². The van der Waals surface area contributed by atoms with Crippen molar-refractivity contribution in [2.45, 2.75) is 66.9 Å². The first kappa shape index (κ1) is 18.9. The molecule has 2 atom stereocenters. The van der Waals surface area contributed by atoms with Crippen molar-refractivity contribution >= 4 is 11.9 Å². The van der Waals surface area contributed by atoms with E-state index in [-0.39, 0.29) is 17.8 Å². The van der Waals surface area contributed by atoms with E-state index in [1.165, 1.54) is 0 Å².